The summed E-state index contributed by atoms with van der Waals surface area (Å²) in [5, 5.41) is 0. The molecule has 5 rings (SSSR count). The van der Waals surface area contributed by atoms with Crippen molar-refractivity contribution in [1.29, 1.82) is 0 Å². The fourth-order valence-corrected chi connectivity index (χ4v) is 6.21. The minimum Gasteiger partial charge on any atom is -0.360 e. The van der Waals surface area contributed by atoms with E-state index in [1.165, 1.54) is 0 Å². The van der Waals surface area contributed by atoms with Crippen LogP contribution in [0.5, 0.6) is 0 Å². The molecule has 2 amide bonds. The summed E-state index contributed by atoms with van der Waals surface area (Å²) in [6, 6.07) is 3.86. The first kappa shape index (κ1) is 18.7. The largest absolute Gasteiger partial charge is 0.360 e. The van der Waals surface area contributed by atoms with Gasteiger partial charge in [0.05, 0.1) is 36.0 Å². The van der Waals surface area contributed by atoms with E-state index in [4.69, 9.17) is 4.74 Å². The van der Waals surface area contributed by atoms with Crippen molar-refractivity contribution in [2.24, 2.45) is 11.8 Å². The summed E-state index contributed by atoms with van der Waals surface area (Å²) in [4.78, 5) is 33.8. The third-order valence-corrected chi connectivity index (χ3v) is 8.15. The maximum Gasteiger partial charge on any atom is 0.230 e. The van der Waals surface area contributed by atoms with E-state index in [-0.39, 0.29) is 36.4 Å². The quantitative estimate of drug-likeness (QED) is 0.622. The Morgan fingerprint density at radius 2 is 1.97 bits per heavy atom. The zero-order chi connectivity index (χ0) is 20.2. The van der Waals surface area contributed by atoms with Gasteiger partial charge in [-0.1, -0.05) is 12.2 Å². The average molecular weight is 417 g/mol. The Kier molecular flexibility index (Phi) is 4.29. The summed E-state index contributed by atoms with van der Waals surface area (Å²) >= 11 is 0. The van der Waals surface area contributed by atoms with Crippen LogP contribution in [-0.4, -0.2) is 84.4 Å². The molecule has 154 valence electrons. The second kappa shape index (κ2) is 6.63. The average Bonchev–Trinajstić information content (AvgIpc) is 3.35. The van der Waals surface area contributed by atoms with Gasteiger partial charge in [0.1, 0.15) is 5.60 Å². The Labute approximate surface area is 169 Å². The molecule has 1 aromatic rings. The topological polar surface area (TPSA) is 96.9 Å². The molecule has 0 aliphatic carbocycles. The minimum atomic E-state index is -3.07. The van der Waals surface area contributed by atoms with Crippen LogP contribution in [0.2, 0.25) is 0 Å². The predicted octanol–water partition coefficient (Wildman–Crippen LogP) is -0.337. The smallest absolute Gasteiger partial charge is 0.230 e. The first-order chi connectivity index (χ1) is 13.9. The van der Waals surface area contributed by atoms with Crippen molar-refractivity contribution in [2.75, 3.05) is 37.7 Å². The van der Waals surface area contributed by atoms with Gasteiger partial charge in [0, 0.05) is 32.0 Å². The molecule has 0 unspecified atom stereocenters. The molecule has 1 spiro atoms. The van der Waals surface area contributed by atoms with E-state index in [1.54, 1.807) is 22.2 Å². The van der Waals surface area contributed by atoms with E-state index >= 15 is 0 Å². The van der Waals surface area contributed by atoms with Crippen LogP contribution in [0.25, 0.3) is 0 Å². The Hall–Kier alpha value is -2.26. The van der Waals surface area contributed by atoms with E-state index < -0.39 is 33.4 Å². The van der Waals surface area contributed by atoms with Gasteiger partial charge in [0.25, 0.3) is 0 Å². The van der Waals surface area contributed by atoms with Crippen molar-refractivity contribution in [3.05, 3.63) is 42.2 Å². The predicted molar refractivity (Wildman–Crippen MR) is 103 cm³/mol. The molecule has 4 atom stereocenters. The van der Waals surface area contributed by atoms with Crippen molar-refractivity contribution in [3.8, 4) is 0 Å². The van der Waals surface area contributed by atoms with Gasteiger partial charge in [0.2, 0.25) is 11.8 Å². The fourth-order valence-electron chi connectivity index (χ4n) is 5.01. The first-order valence-electron chi connectivity index (χ1n) is 9.93. The van der Waals surface area contributed by atoms with Gasteiger partial charge in [-0.2, -0.15) is 0 Å². The summed E-state index contributed by atoms with van der Waals surface area (Å²) in [5.41, 5.74) is 0.368. The number of sulfone groups is 1. The van der Waals surface area contributed by atoms with Crippen molar-refractivity contribution in [3.63, 3.8) is 0 Å². The highest BCUT2D eigenvalue weighted by molar-refractivity contribution is 7.91. The van der Waals surface area contributed by atoms with Crippen molar-refractivity contribution < 1.29 is 22.7 Å². The number of likely N-dealkylation sites (tertiary alicyclic amines) is 1. The molecule has 0 aromatic carbocycles. The van der Waals surface area contributed by atoms with Gasteiger partial charge in [-0.3, -0.25) is 14.6 Å². The van der Waals surface area contributed by atoms with E-state index in [1.807, 2.05) is 24.3 Å². The third-order valence-electron chi connectivity index (χ3n) is 6.54. The SMILES string of the molecule is O=C([C@@H]1[C@@H]2C=C[C@@]3(CN(CCc4ccncc4)C(=O)[C@@H]13)O2)N1CCS(=O)(=O)CC1. The fraction of sp³-hybridized carbons (Fsp3) is 0.550. The number of fused-ring (bicyclic) bond motifs is 1. The van der Waals surface area contributed by atoms with Crippen LogP contribution >= 0.6 is 0 Å². The third kappa shape index (κ3) is 3.07. The van der Waals surface area contributed by atoms with Gasteiger partial charge in [-0.05, 0) is 24.1 Å². The van der Waals surface area contributed by atoms with Crippen LogP contribution < -0.4 is 0 Å². The molecule has 4 aliphatic heterocycles. The molecular formula is C20H23N3O5S. The number of aromatic nitrogens is 1. The lowest BCUT2D eigenvalue weighted by Gasteiger charge is -2.32. The Balaban J connectivity index is 1.32. The zero-order valence-corrected chi connectivity index (χ0v) is 16.8. The van der Waals surface area contributed by atoms with E-state index in [9.17, 15) is 18.0 Å². The van der Waals surface area contributed by atoms with Crippen LogP contribution in [0, 0.1) is 11.8 Å². The van der Waals surface area contributed by atoms with E-state index in [0.717, 1.165) is 5.56 Å². The number of hydrogen-bond donors (Lipinski definition) is 0. The Bertz CT molecular complexity index is 965. The van der Waals surface area contributed by atoms with E-state index in [0.29, 0.717) is 19.5 Å². The number of hydrogen-bond acceptors (Lipinski definition) is 6. The number of ether oxygens (including phenoxy) is 1. The van der Waals surface area contributed by atoms with Crippen molar-refractivity contribution in [1.82, 2.24) is 14.8 Å². The van der Waals surface area contributed by atoms with Crippen molar-refractivity contribution >= 4 is 21.7 Å². The summed E-state index contributed by atoms with van der Waals surface area (Å²) in [5.74, 6) is -1.34. The van der Waals surface area contributed by atoms with Crippen LogP contribution in [0.1, 0.15) is 5.56 Å². The van der Waals surface area contributed by atoms with Crippen molar-refractivity contribution in [2.45, 2.75) is 18.1 Å². The first-order valence-corrected chi connectivity index (χ1v) is 11.7. The maximum absolute atomic E-state index is 13.2. The summed E-state index contributed by atoms with van der Waals surface area (Å²) in [6.45, 7) is 1.39. The van der Waals surface area contributed by atoms with E-state index in [2.05, 4.69) is 4.98 Å². The Morgan fingerprint density at radius 3 is 2.69 bits per heavy atom. The van der Waals surface area contributed by atoms with Crippen LogP contribution in [0.3, 0.4) is 0 Å². The maximum atomic E-state index is 13.2. The van der Waals surface area contributed by atoms with Gasteiger partial charge in [0.15, 0.2) is 9.84 Å². The van der Waals surface area contributed by atoms with Crippen LogP contribution in [-0.2, 0) is 30.6 Å². The number of pyridine rings is 1. The second-order valence-corrected chi connectivity index (χ2v) is 10.5. The minimum absolute atomic E-state index is 0.0192. The normalized spacial score (nSPS) is 34.6. The number of rotatable bonds is 4. The summed E-state index contributed by atoms with van der Waals surface area (Å²) < 4.78 is 29.5. The second-order valence-electron chi connectivity index (χ2n) is 8.24. The molecule has 3 saturated heterocycles. The molecule has 0 radical (unpaired) electrons. The molecule has 0 N–H and O–H groups in total. The van der Waals surface area contributed by atoms with Gasteiger partial charge in [-0.15, -0.1) is 0 Å². The molecule has 8 nitrogen and oxygen atoms in total. The lowest BCUT2D eigenvalue weighted by atomic mass is 9.76. The van der Waals surface area contributed by atoms with Crippen LogP contribution in [0.15, 0.2) is 36.7 Å². The standard InChI is InChI=1S/C20H23N3O5S/c24-18(22-9-11-29(26,27)12-10-22)16-15-1-5-20(28-15)13-23(19(25)17(16)20)8-4-14-2-6-21-7-3-14/h1-3,5-7,15-17H,4,8-13H2/t15-,16+,17+,20-/m0/s1. The Morgan fingerprint density at radius 1 is 1.24 bits per heavy atom. The number of amides is 2. The molecule has 29 heavy (non-hydrogen) atoms. The highest BCUT2D eigenvalue weighted by Crippen LogP contribution is 2.52. The molecular weight excluding hydrogens is 394 g/mol. The lowest BCUT2D eigenvalue weighted by molar-refractivity contribution is -0.143. The van der Waals surface area contributed by atoms with Crippen LogP contribution in [0.4, 0.5) is 0 Å². The number of nitrogens with zero attached hydrogens (tertiary/aromatic N) is 3. The monoisotopic (exact) mass is 417 g/mol. The molecule has 9 heteroatoms. The summed E-state index contributed by atoms with van der Waals surface area (Å²) in [6.07, 6.45) is 7.60. The number of carbonyl (C=O) groups excluding carboxylic acids is 2. The molecule has 5 heterocycles. The van der Waals surface area contributed by atoms with Gasteiger partial charge >= 0.3 is 0 Å². The molecule has 0 saturated carbocycles. The highest BCUT2D eigenvalue weighted by atomic mass is 32.2. The molecule has 3 fully saturated rings. The molecule has 1 aromatic heterocycles. The summed E-state index contributed by atoms with van der Waals surface area (Å²) in [7, 11) is -3.07. The van der Waals surface area contributed by atoms with Gasteiger partial charge in [-0.25, -0.2) is 8.42 Å². The molecule has 2 bridgehead atoms. The van der Waals surface area contributed by atoms with Gasteiger partial charge < -0.3 is 14.5 Å². The highest BCUT2D eigenvalue weighted by Gasteiger charge is 2.67. The molecule has 4 aliphatic rings. The zero-order valence-electron chi connectivity index (χ0n) is 15.9. The lowest BCUT2D eigenvalue weighted by Crippen LogP contribution is -2.50. The number of carbonyl (C=O) groups is 2.